The van der Waals surface area contributed by atoms with E-state index >= 15 is 0 Å². The van der Waals surface area contributed by atoms with Crippen LogP contribution in [0.1, 0.15) is 10.4 Å². The third-order valence-corrected chi connectivity index (χ3v) is 5.25. The Morgan fingerprint density at radius 2 is 2.04 bits per heavy atom. The standard InChI is InChI=1S/C16H14ClN5O3S/c1-18-26(24,25)12-4-5-14(17)13(9-12)16(23)21-11-3-6-15(19-10-11)22-8-2-7-20-22/h2-10,18H,1H3,(H,21,23). The number of rotatable bonds is 5. The summed E-state index contributed by atoms with van der Waals surface area (Å²) in [5.74, 6) is 0.0462. The van der Waals surface area contributed by atoms with Crippen LogP contribution in [0.25, 0.3) is 5.82 Å². The topological polar surface area (TPSA) is 106 Å². The molecule has 0 unspecified atom stereocenters. The van der Waals surface area contributed by atoms with Crippen LogP contribution < -0.4 is 10.0 Å². The molecule has 0 fully saturated rings. The molecule has 134 valence electrons. The Kier molecular flexibility index (Phi) is 5.03. The van der Waals surface area contributed by atoms with Crippen molar-refractivity contribution in [1.29, 1.82) is 0 Å². The van der Waals surface area contributed by atoms with E-state index in [9.17, 15) is 13.2 Å². The first kappa shape index (κ1) is 18.1. The first-order valence-electron chi connectivity index (χ1n) is 7.41. The van der Waals surface area contributed by atoms with Crippen LogP contribution in [0.4, 0.5) is 5.69 Å². The van der Waals surface area contributed by atoms with Gasteiger partial charge in [0.1, 0.15) is 0 Å². The number of hydrogen-bond donors (Lipinski definition) is 2. The van der Waals surface area contributed by atoms with Crippen LogP contribution in [-0.4, -0.2) is 36.1 Å². The van der Waals surface area contributed by atoms with E-state index in [0.29, 0.717) is 11.5 Å². The number of benzene rings is 1. The van der Waals surface area contributed by atoms with Crippen molar-refractivity contribution in [1.82, 2.24) is 19.5 Å². The zero-order valence-corrected chi connectivity index (χ0v) is 15.1. The molecule has 26 heavy (non-hydrogen) atoms. The summed E-state index contributed by atoms with van der Waals surface area (Å²) in [6, 6.07) is 9.02. The second-order valence-corrected chi connectivity index (χ2v) is 7.45. The van der Waals surface area contributed by atoms with E-state index in [1.807, 2.05) is 0 Å². The number of aromatic nitrogens is 3. The highest BCUT2D eigenvalue weighted by atomic mass is 35.5. The Balaban J connectivity index is 1.83. The first-order valence-corrected chi connectivity index (χ1v) is 9.27. The number of anilines is 1. The molecule has 3 rings (SSSR count). The van der Waals surface area contributed by atoms with Crippen LogP contribution in [-0.2, 0) is 10.0 Å². The van der Waals surface area contributed by atoms with Gasteiger partial charge in [0.05, 0.1) is 27.4 Å². The molecule has 0 bridgehead atoms. The van der Waals surface area contributed by atoms with Crippen LogP contribution in [0, 0.1) is 0 Å². The Morgan fingerprint density at radius 3 is 2.65 bits per heavy atom. The van der Waals surface area contributed by atoms with E-state index in [4.69, 9.17) is 11.6 Å². The first-order chi connectivity index (χ1) is 12.4. The Bertz CT molecular complexity index is 1030. The molecule has 10 heteroatoms. The van der Waals surface area contributed by atoms with Gasteiger partial charge in [0.15, 0.2) is 5.82 Å². The van der Waals surface area contributed by atoms with E-state index in [1.165, 1.54) is 31.4 Å². The Morgan fingerprint density at radius 1 is 1.23 bits per heavy atom. The lowest BCUT2D eigenvalue weighted by molar-refractivity contribution is 0.102. The summed E-state index contributed by atoms with van der Waals surface area (Å²) in [6.45, 7) is 0. The molecule has 0 aliphatic carbocycles. The number of pyridine rings is 1. The maximum absolute atomic E-state index is 12.5. The number of sulfonamides is 1. The van der Waals surface area contributed by atoms with Crippen LogP contribution in [0.3, 0.4) is 0 Å². The molecule has 2 N–H and O–H groups in total. The third-order valence-electron chi connectivity index (χ3n) is 3.51. The average Bonchev–Trinajstić information content (AvgIpc) is 3.17. The molecule has 0 radical (unpaired) electrons. The van der Waals surface area contributed by atoms with E-state index in [0.717, 1.165) is 0 Å². The predicted molar refractivity (Wildman–Crippen MR) is 97.0 cm³/mol. The SMILES string of the molecule is CNS(=O)(=O)c1ccc(Cl)c(C(=O)Nc2ccc(-n3cccn3)nc2)c1. The van der Waals surface area contributed by atoms with Crippen molar-refractivity contribution >= 4 is 33.2 Å². The second kappa shape index (κ2) is 7.24. The smallest absolute Gasteiger partial charge is 0.257 e. The Labute approximate surface area is 154 Å². The monoisotopic (exact) mass is 391 g/mol. The summed E-state index contributed by atoms with van der Waals surface area (Å²) in [7, 11) is -2.40. The lowest BCUT2D eigenvalue weighted by Crippen LogP contribution is -2.20. The van der Waals surface area contributed by atoms with Gasteiger partial charge in [0, 0.05) is 12.4 Å². The minimum Gasteiger partial charge on any atom is -0.321 e. The Hall–Kier alpha value is -2.75. The van der Waals surface area contributed by atoms with E-state index < -0.39 is 15.9 Å². The van der Waals surface area contributed by atoms with Crippen molar-refractivity contribution in [2.45, 2.75) is 4.90 Å². The highest BCUT2D eigenvalue weighted by molar-refractivity contribution is 7.89. The normalized spacial score (nSPS) is 11.3. The van der Waals surface area contributed by atoms with Crippen molar-refractivity contribution in [3.63, 3.8) is 0 Å². The lowest BCUT2D eigenvalue weighted by atomic mass is 10.2. The summed E-state index contributed by atoms with van der Waals surface area (Å²) in [4.78, 5) is 16.6. The van der Waals surface area contributed by atoms with Gasteiger partial charge in [-0.1, -0.05) is 11.6 Å². The number of carbonyl (C=O) groups excluding carboxylic acids is 1. The zero-order chi connectivity index (χ0) is 18.7. The van der Waals surface area contributed by atoms with Gasteiger partial charge in [-0.25, -0.2) is 22.8 Å². The number of hydrogen-bond acceptors (Lipinski definition) is 5. The molecule has 1 amide bonds. The minimum absolute atomic E-state index is 0.0409. The highest BCUT2D eigenvalue weighted by Gasteiger charge is 2.17. The van der Waals surface area contributed by atoms with Crippen molar-refractivity contribution in [3.8, 4) is 5.82 Å². The van der Waals surface area contributed by atoms with Crippen LogP contribution in [0.5, 0.6) is 0 Å². The maximum atomic E-state index is 12.5. The van der Waals surface area contributed by atoms with Gasteiger partial charge in [-0.05, 0) is 43.4 Å². The molecule has 2 heterocycles. The number of amides is 1. The molecule has 1 aromatic carbocycles. The number of nitrogens with one attached hydrogen (secondary N) is 2. The van der Waals surface area contributed by atoms with Crippen LogP contribution in [0.15, 0.2) is 59.9 Å². The molecular formula is C16H14ClN5O3S. The largest absolute Gasteiger partial charge is 0.321 e. The number of halogens is 1. The summed E-state index contributed by atoms with van der Waals surface area (Å²) >= 11 is 6.04. The zero-order valence-electron chi connectivity index (χ0n) is 13.5. The van der Waals surface area contributed by atoms with E-state index in [2.05, 4.69) is 20.1 Å². The van der Waals surface area contributed by atoms with Crippen molar-refractivity contribution in [2.24, 2.45) is 0 Å². The fraction of sp³-hybridized carbons (Fsp3) is 0.0625. The second-order valence-electron chi connectivity index (χ2n) is 5.16. The van der Waals surface area contributed by atoms with Gasteiger partial charge >= 0.3 is 0 Å². The average molecular weight is 392 g/mol. The molecule has 0 saturated carbocycles. The van der Waals surface area contributed by atoms with Gasteiger partial charge in [0.25, 0.3) is 5.91 Å². The van der Waals surface area contributed by atoms with Crippen molar-refractivity contribution in [3.05, 3.63) is 65.6 Å². The molecule has 0 saturated heterocycles. The molecule has 0 atom stereocenters. The highest BCUT2D eigenvalue weighted by Crippen LogP contribution is 2.22. The van der Waals surface area contributed by atoms with Gasteiger partial charge in [-0.2, -0.15) is 5.10 Å². The quantitative estimate of drug-likeness (QED) is 0.692. The predicted octanol–water partition coefficient (Wildman–Crippen LogP) is 2.08. The van der Waals surface area contributed by atoms with Crippen LogP contribution >= 0.6 is 11.6 Å². The lowest BCUT2D eigenvalue weighted by Gasteiger charge is -2.09. The van der Waals surface area contributed by atoms with Crippen LogP contribution in [0.2, 0.25) is 5.02 Å². The summed E-state index contributed by atoms with van der Waals surface area (Å²) in [6.07, 6.45) is 4.84. The molecule has 2 aromatic heterocycles. The molecule has 0 spiro atoms. The summed E-state index contributed by atoms with van der Waals surface area (Å²) in [5.41, 5.74) is 0.475. The van der Waals surface area contributed by atoms with Gasteiger partial charge < -0.3 is 5.32 Å². The molecule has 8 nitrogen and oxygen atoms in total. The van der Waals surface area contributed by atoms with Crippen molar-refractivity contribution < 1.29 is 13.2 Å². The number of carbonyl (C=O) groups is 1. The third kappa shape index (κ3) is 3.74. The summed E-state index contributed by atoms with van der Waals surface area (Å²) < 4.78 is 27.6. The number of nitrogens with zero attached hydrogens (tertiary/aromatic N) is 3. The van der Waals surface area contributed by atoms with Gasteiger partial charge in [-0.15, -0.1) is 0 Å². The van der Waals surface area contributed by atoms with Gasteiger partial charge in [0.2, 0.25) is 10.0 Å². The van der Waals surface area contributed by atoms with E-state index in [1.54, 1.807) is 35.3 Å². The maximum Gasteiger partial charge on any atom is 0.257 e. The molecule has 0 aliphatic rings. The molecule has 0 aliphatic heterocycles. The molecule has 3 aromatic rings. The van der Waals surface area contributed by atoms with Crippen molar-refractivity contribution in [2.75, 3.05) is 12.4 Å². The fourth-order valence-electron chi connectivity index (χ4n) is 2.16. The van der Waals surface area contributed by atoms with Gasteiger partial charge in [-0.3, -0.25) is 4.79 Å². The van der Waals surface area contributed by atoms with E-state index in [-0.39, 0.29) is 15.5 Å². The molecular weight excluding hydrogens is 378 g/mol. The minimum atomic E-state index is -3.69. The fourth-order valence-corrected chi connectivity index (χ4v) is 3.12. The summed E-state index contributed by atoms with van der Waals surface area (Å²) in [5, 5.41) is 6.84.